The van der Waals surface area contributed by atoms with Crippen molar-refractivity contribution in [2.75, 3.05) is 0 Å². The zero-order chi connectivity index (χ0) is 45.9. The Morgan fingerprint density at radius 1 is 0.364 bits per heavy atom. The Balaban J connectivity index is 0.000000340. The summed E-state index contributed by atoms with van der Waals surface area (Å²) in [6.45, 7) is 0. The van der Waals surface area contributed by atoms with E-state index < -0.39 is 30.4 Å². The standard InChI is InChI=1S/C48H30F2N2.C6H5BF2O2.2HI.V/c49-35-28-32(29-36(50)30-35)31-25-33(37-13-1-7-19-43(37)51-45-21-9-3-15-39(45)40-16-4-10-22-46(40)51)27-34(26-31)38-14-2-8-20-44(38)52-47-23-11-5-17-41(47)42-18-6-12-24-48(42)52;8-5-1-4(7(10)11)2-6(9)3-5;;;/h1-30H;1-3,10-11H;2*1H;/q;;;;+2/p-2. The molecular weight excluding hydrogens is 1100 g/mol. The fourth-order valence-electron chi connectivity index (χ4n) is 8.74. The fourth-order valence-corrected chi connectivity index (χ4v) is 8.74. The van der Waals surface area contributed by atoms with Crippen LogP contribution in [0.15, 0.2) is 200 Å². The molecule has 0 atom stereocenters. The van der Waals surface area contributed by atoms with Crippen molar-refractivity contribution in [1.82, 2.24) is 9.13 Å². The van der Waals surface area contributed by atoms with Gasteiger partial charge in [-0.25, -0.2) is 17.6 Å². The molecule has 0 radical (unpaired) electrons. The van der Waals surface area contributed by atoms with E-state index in [1.165, 1.54) is 33.7 Å². The van der Waals surface area contributed by atoms with Gasteiger partial charge < -0.3 is 19.2 Å². The van der Waals surface area contributed by atoms with Gasteiger partial charge in [-0.3, -0.25) is 0 Å². The summed E-state index contributed by atoms with van der Waals surface area (Å²) < 4.78 is 58.9. The summed E-state index contributed by atoms with van der Waals surface area (Å²) in [4.78, 5) is 0. The van der Waals surface area contributed by atoms with Crippen LogP contribution in [0.25, 0.3) is 88.4 Å². The number of nitrogens with zero attached hydrogens (tertiary/aromatic N) is 2. The number of aromatic nitrogens is 2. The molecule has 11 aromatic rings. The van der Waals surface area contributed by atoms with Gasteiger partial charge in [0, 0.05) is 44.8 Å². The first kappa shape index (κ1) is 45.5. The Kier molecular flexibility index (Phi) is 13.8. The molecule has 0 aliphatic carbocycles. The normalized spacial score (nSPS) is 11.0. The quantitative estimate of drug-likeness (QED) is 0.0990. The third-order valence-corrected chi connectivity index (χ3v) is 11.4. The van der Waals surface area contributed by atoms with Crippen LogP contribution < -0.4 is 5.46 Å². The Morgan fingerprint density at radius 3 is 1.02 bits per heavy atom. The van der Waals surface area contributed by atoms with Gasteiger partial charge in [0.25, 0.3) is 0 Å². The Bertz CT molecular complexity index is 3240. The predicted octanol–water partition coefficient (Wildman–Crippen LogP) is 14.6. The van der Waals surface area contributed by atoms with E-state index >= 15 is 0 Å². The van der Waals surface area contributed by atoms with Gasteiger partial charge in [-0.1, -0.05) is 109 Å². The first-order valence-electron chi connectivity index (χ1n) is 20.7. The van der Waals surface area contributed by atoms with Crippen molar-refractivity contribution < 1.29 is 37.1 Å². The number of halogens is 6. The fraction of sp³-hybridized carbons (Fsp3) is 0. The summed E-state index contributed by atoms with van der Waals surface area (Å²) in [5.74, 6) is -2.88. The second-order valence-corrected chi connectivity index (χ2v) is 27.2. The molecule has 0 saturated heterocycles. The van der Waals surface area contributed by atoms with Crippen LogP contribution in [0.2, 0.25) is 0 Å². The molecule has 0 unspecified atom stereocenters. The monoisotopic (exact) mass is 1140 g/mol. The molecule has 0 fully saturated rings. The summed E-state index contributed by atoms with van der Waals surface area (Å²) in [7, 11) is -1.21. The van der Waals surface area contributed by atoms with Gasteiger partial charge in [-0.2, -0.15) is 0 Å². The SMILES string of the molecule is Fc1cc(F)cc(-c2cc(-c3ccccc3-n3c4ccccc4c4ccccc43)cc(-c3ccccc3-n3c4ccccc4c4ccccc43)c2)c1.OB(O)c1cc(F)cc(F)c1.[I][V][I]. The molecular formula is C54H35BF4I2N2O2V. The molecule has 2 aromatic heterocycles. The van der Waals surface area contributed by atoms with Crippen molar-refractivity contribution in [1.29, 1.82) is 0 Å². The number of rotatable bonds is 6. The van der Waals surface area contributed by atoms with Gasteiger partial charge >= 0.3 is 56.5 Å². The molecule has 0 aliphatic rings. The summed E-state index contributed by atoms with van der Waals surface area (Å²) in [6.07, 6.45) is 0. The third-order valence-electron chi connectivity index (χ3n) is 11.4. The van der Waals surface area contributed by atoms with Crippen molar-refractivity contribution in [2.45, 2.75) is 0 Å². The minimum atomic E-state index is -1.83. The molecule has 0 bridgehead atoms. The molecule has 12 heteroatoms. The van der Waals surface area contributed by atoms with Gasteiger partial charge in [0.2, 0.25) is 0 Å². The third kappa shape index (κ3) is 9.20. The zero-order valence-electron chi connectivity index (χ0n) is 34.6. The molecule has 2 N–H and O–H groups in total. The molecule has 9 aromatic carbocycles. The van der Waals surface area contributed by atoms with E-state index in [0.717, 1.165) is 79.5 Å². The first-order valence-corrected chi connectivity index (χ1v) is 29.7. The van der Waals surface area contributed by atoms with Gasteiger partial charge in [0.15, 0.2) is 0 Å². The van der Waals surface area contributed by atoms with Gasteiger partial charge in [0.05, 0.1) is 33.4 Å². The van der Waals surface area contributed by atoms with E-state index in [1.54, 1.807) is 0 Å². The number of fused-ring (bicyclic) bond motifs is 6. The summed E-state index contributed by atoms with van der Waals surface area (Å²) in [5.41, 5.74) is 11.4. The van der Waals surface area contributed by atoms with Crippen LogP contribution in [0, 0.1) is 23.3 Å². The molecule has 0 amide bonds. The van der Waals surface area contributed by atoms with Gasteiger partial charge in [0.1, 0.15) is 23.3 Å². The summed E-state index contributed by atoms with van der Waals surface area (Å²) >= 11 is 4.74. The zero-order valence-corrected chi connectivity index (χ0v) is 40.3. The van der Waals surface area contributed by atoms with E-state index in [0.29, 0.717) is 21.1 Å². The molecule has 0 spiro atoms. The second kappa shape index (κ2) is 20.1. The predicted molar refractivity (Wildman–Crippen MR) is 276 cm³/mol. The topological polar surface area (TPSA) is 50.3 Å². The van der Waals surface area contributed by atoms with Crippen LogP contribution in [-0.4, -0.2) is 26.3 Å². The van der Waals surface area contributed by atoms with Crippen LogP contribution >= 0.6 is 40.0 Å². The van der Waals surface area contributed by atoms with Gasteiger partial charge in [-0.15, -0.1) is 0 Å². The van der Waals surface area contributed by atoms with E-state index in [-0.39, 0.29) is 5.46 Å². The van der Waals surface area contributed by atoms with E-state index in [9.17, 15) is 17.6 Å². The van der Waals surface area contributed by atoms with Gasteiger partial charge in [-0.05, 0) is 107 Å². The van der Waals surface area contributed by atoms with Crippen molar-refractivity contribution in [3.05, 3.63) is 223 Å². The van der Waals surface area contributed by atoms with Crippen LogP contribution in [-0.2, 0) is 9.47 Å². The average Bonchev–Trinajstić information content (AvgIpc) is 3.84. The molecule has 2 heterocycles. The molecule has 4 nitrogen and oxygen atoms in total. The van der Waals surface area contributed by atoms with Crippen molar-refractivity contribution in [3.8, 4) is 44.8 Å². The van der Waals surface area contributed by atoms with E-state index in [4.69, 9.17) is 10.0 Å². The van der Waals surface area contributed by atoms with Crippen molar-refractivity contribution in [3.63, 3.8) is 0 Å². The second-order valence-electron chi connectivity index (χ2n) is 15.4. The molecule has 11 rings (SSSR count). The number of hydrogen-bond donors (Lipinski definition) is 2. The maximum absolute atomic E-state index is 14.8. The van der Waals surface area contributed by atoms with Crippen LogP contribution in [0.3, 0.4) is 0 Å². The van der Waals surface area contributed by atoms with Crippen molar-refractivity contribution >= 4 is 96.2 Å². The Hall–Kier alpha value is -5.67. The number of benzene rings is 9. The van der Waals surface area contributed by atoms with E-state index in [1.807, 2.05) is 24.3 Å². The molecule has 323 valence electrons. The minimum absolute atomic E-state index is 0.192. The Labute approximate surface area is 407 Å². The molecule has 66 heavy (non-hydrogen) atoms. The van der Waals surface area contributed by atoms with Crippen molar-refractivity contribution in [2.24, 2.45) is 0 Å². The van der Waals surface area contributed by atoms with E-state index in [2.05, 4.69) is 189 Å². The molecule has 0 aliphatic heterocycles. The number of hydrogen-bond acceptors (Lipinski definition) is 2. The summed E-state index contributed by atoms with van der Waals surface area (Å²) in [5, 5.41) is 21.7. The van der Waals surface area contributed by atoms with Crippen LogP contribution in [0.1, 0.15) is 0 Å². The number of para-hydroxylation sites is 6. The molecule has 0 saturated carbocycles. The first-order chi connectivity index (χ1) is 32.1. The van der Waals surface area contributed by atoms with Crippen LogP contribution in [0.4, 0.5) is 17.6 Å². The summed E-state index contributed by atoms with van der Waals surface area (Å²) in [6, 6.07) is 63.1. The van der Waals surface area contributed by atoms with Crippen LogP contribution in [0.5, 0.6) is 0 Å². The average molecular weight is 1140 g/mol. The maximum atomic E-state index is 14.8. The Morgan fingerprint density at radius 2 is 0.652 bits per heavy atom.